The minimum atomic E-state index is -3.04. The molecule has 1 amide bonds. The molecule has 0 saturated carbocycles. The molecule has 0 aromatic heterocycles. The maximum absolute atomic E-state index is 12.3. The summed E-state index contributed by atoms with van der Waals surface area (Å²) < 4.78 is 23.0. The van der Waals surface area contributed by atoms with Gasteiger partial charge in [-0.3, -0.25) is 4.79 Å². The van der Waals surface area contributed by atoms with Crippen molar-refractivity contribution in [2.45, 2.75) is 12.8 Å². The number of carbonyl (C=O) groups excluding carboxylic acids is 1. The molecule has 1 N–H and O–H groups in total. The fraction of sp³-hybridized carbons (Fsp3) is 0.278. The lowest BCUT2D eigenvalue weighted by atomic mass is 10.0. The van der Waals surface area contributed by atoms with Crippen molar-refractivity contribution in [3.63, 3.8) is 0 Å². The number of hydrogen-bond donors (Lipinski definition) is 1. The van der Waals surface area contributed by atoms with E-state index in [0.29, 0.717) is 6.42 Å². The first-order valence-electron chi connectivity index (χ1n) is 7.74. The quantitative estimate of drug-likeness (QED) is 0.787. The zero-order valence-corrected chi connectivity index (χ0v) is 13.4. The van der Waals surface area contributed by atoms with Gasteiger partial charge in [-0.25, -0.2) is 8.42 Å². The van der Waals surface area contributed by atoms with Crippen LogP contribution in [-0.4, -0.2) is 25.8 Å². The molecule has 5 heteroatoms. The summed E-state index contributed by atoms with van der Waals surface area (Å²) in [6.45, 7) is 0. The van der Waals surface area contributed by atoms with Crippen LogP contribution in [0.2, 0.25) is 0 Å². The molecule has 0 radical (unpaired) electrons. The molecule has 23 heavy (non-hydrogen) atoms. The fourth-order valence-corrected chi connectivity index (χ4v) is 5.19. The first-order valence-corrected chi connectivity index (χ1v) is 9.56. The second-order valence-electron chi connectivity index (χ2n) is 6.30. The molecule has 118 valence electrons. The van der Waals surface area contributed by atoms with Crippen molar-refractivity contribution in [3.8, 4) is 11.1 Å². The molecule has 2 aliphatic rings. The van der Waals surface area contributed by atoms with E-state index >= 15 is 0 Å². The second-order valence-corrected chi connectivity index (χ2v) is 8.52. The van der Waals surface area contributed by atoms with Gasteiger partial charge >= 0.3 is 0 Å². The van der Waals surface area contributed by atoms with Crippen LogP contribution in [0, 0.1) is 5.92 Å². The Kier molecular flexibility index (Phi) is 3.27. The van der Waals surface area contributed by atoms with Crippen molar-refractivity contribution in [1.29, 1.82) is 0 Å². The van der Waals surface area contributed by atoms with E-state index in [2.05, 4.69) is 17.4 Å². The summed E-state index contributed by atoms with van der Waals surface area (Å²) >= 11 is 0. The highest BCUT2D eigenvalue weighted by molar-refractivity contribution is 7.91. The van der Waals surface area contributed by atoms with E-state index in [1.54, 1.807) is 0 Å². The number of rotatable bonds is 2. The van der Waals surface area contributed by atoms with E-state index in [1.165, 1.54) is 16.7 Å². The number of benzene rings is 2. The number of sulfone groups is 1. The van der Waals surface area contributed by atoms with Crippen LogP contribution in [0.15, 0.2) is 42.5 Å². The van der Waals surface area contributed by atoms with E-state index < -0.39 is 15.8 Å². The van der Waals surface area contributed by atoms with Gasteiger partial charge in [-0.2, -0.15) is 0 Å². The van der Waals surface area contributed by atoms with Gasteiger partial charge in [0.25, 0.3) is 0 Å². The van der Waals surface area contributed by atoms with Crippen LogP contribution < -0.4 is 5.32 Å². The highest BCUT2D eigenvalue weighted by Gasteiger charge is 2.33. The second kappa shape index (κ2) is 5.20. The molecular formula is C18H17NO3S. The summed E-state index contributed by atoms with van der Waals surface area (Å²) in [6.07, 6.45) is 1.34. The van der Waals surface area contributed by atoms with Crippen LogP contribution in [0.5, 0.6) is 0 Å². The van der Waals surface area contributed by atoms with Gasteiger partial charge in [-0.05, 0) is 47.2 Å². The third-order valence-electron chi connectivity index (χ3n) is 4.67. The molecule has 0 spiro atoms. The average Bonchev–Trinajstić information content (AvgIpc) is 3.07. The van der Waals surface area contributed by atoms with Crippen LogP contribution in [0.3, 0.4) is 0 Å². The summed E-state index contributed by atoms with van der Waals surface area (Å²) in [5.74, 6) is -0.548. The Bertz CT molecular complexity index is 902. The van der Waals surface area contributed by atoms with Crippen molar-refractivity contribution < 1.29 is 13.2 Å². The Morgan fingerprint density at radius 1 is 1.04 bits per heavy atom. The first kappa shape index (κ1) is 14.5. The van der Waals surface area contributed by atoms with E-state index in [0.717, 1.165) is 17.7 Å². The van der Waals surface area contributed by atoms with Crippen molar-refractivity contribution >= 4 is 21.4 Å². The Morgan fingerprint density at radius 2 is 1.83 bits per heavy atom. The largest absolute Gasteiger partial charge is 0.326 e. The van der Waals surface area contributed by atoms with Gasteiger partial charge in [0.1, 0.15) is 0 Å². The topological polar surface area (TPSA) is 63.2 Å². The SMILES string of the molecule is O=C(Nc1ccc2c(c1)-c1ccccc1C2)[C@H]1CCS(=O)(=O)C1. The molecule has 4 nitrogen and oxygen atoms in total. The lowest BCUT2D eigenvalue weighted by Gasteiger charge is -2.11. The van der Waals surface area contributed by atoms with Crippen LogP contribution in [0.1, 0.15) is 17.5 Å². The Balaban J connectivity index is 1.57. The minimum absolute atomic E-state index is 0.0351. The molecule has 1 heterocycles. The molecule has 0 unspecified atom stereocenters. The predicted molar refractivity (Wildman–Crippen MR) is 90.1 cm³/mol. The number of fused-ring (bicyclic) bond motifs is 3. The fourth-order valence-electron chi connectivity index (χ4n) is 3.45. The lowest BCUT2D eigenvalue weighted by Crippen LogP contribution is -2.23. The van der Waals surface area contributed by atoms with E-state index in [4.69, 9.17) is 0 Å². The molecule has 4 rings (SSSR count). The number of carbonyl (C=O) groups is 1. The van der Waals surface area contributed by atoms with E-state index in [1.807, 2.05) is 30.3 Å². The van der Waals surface area contributed by atoms with Gasteiger partial charge in [0, 0.05) is 5.69 Å². The van der Waals surface area contributed by atoms with Crippen LogP contribution in [0.25, 0.3) is 11.1 Å². The van der Waals surface area contributed by atoms with E-state index in [9.17, 15) is 13.2 Å². The summed E-state index contributed by atoms with van der Waals surface area (Å²) in [5.41, 5.74) is 5.65. The number of hydrogen-bond acceptors (Lipinski definition) is 3. The molecular weight excluding hydrogens is 310 g/mol. The molecule has 2 aromatic carbocycles. The van der Waals surface area contributed by atoms with Crippen molar-refractivity contribution in [3.05, 3.63) is 53.6 Å². The Labute approximate surface area is 135 Å². The van der Waals surface area contributed by atoms with Gasteiger partial charge in [-0.1, -0.05) is 30.3 Å². The van der Waals surface area contributed by atoms with Gasteiger partial charge in [0.2, 0.25) is 5.91 Å². The minimum Gasteiger partial charge on any atom is -0.326 e. The molecule has 1 aliphatic heterocycles. The van der Waals surface area contributed by atoms with Crippen molar-refractivity contribution in [2.24, 2.45) is 5.92 Å². The zero-order valence-electron chi connectivity index (χ0n) is 12.6. The lowest BCUT2D eigenvalue weighted by molar-refractivity contribution is -0.119. The number of anilines is 1. The zero-order chi connectivity index (χ0) is 16.0. The van der Waals surface area contributed by atoms with Crippen LogP contribution >= 0.6 is 0 Å². The molecule has 1 atom stereocenters. The number of nitrogens with one attached hydrogen (secondary N) is 1. The first-order chi connectivity index (χ1) is 11.0. The smallest absolute Gasteiger partial charge is 0.228 e. The Morgan fingerprint density at radius 3 is 2.61 bits per heavy atom. The van der Waals surface area contributed by atoms with Gasteiger partial charge in [0.15, 0.2) is 9.84 Å². The molecule has 1 fully saturated rings. The highest BCUT2D eigenvalue weighted by atomic mass is 32.2. The summed E-state index contributed by atoms with van der Waals surface area (Å²) in [6, 6.07) is 14.2. The third kappa shape index (κ3) is 2.65. The van der Waals surface area contributed by atoms with Crippen LogP contribution in [-0.2, 0) is 21.1 Å². The molecule has 0 bridgehead atoms. The van der Waals surface area contributed by atoms with Gasteiger partial charge in [-0.15, -0.1) is 0 Å². The maximum atomic E-state index is 12.3. The monoisotopic (exact) mass is 327 g/mol. The summed E-state index contributed by atoms with van der Waals surface area (Å²) in [7, 11) is -3.04. The average molecular weight is 327 g/mol. The number of amides is 1. The van der Waals surface area contributed by atoms with Gasteiger partial charge < -0.3 is 5.32 Å². The Hall–Kier alpha value is -2.14. The maximum Gasteiger partial charge on any atom is 0.228 e. The van der Waals surface area contributed by atoms with Gasteiger partial charge in [0.05, 0.1) is 17.4 Å². The highest BCUT2D eigenvalue weighted by Crippen LogP contribution is 2.37. The summed E-state index contributed by atoms with van der Waals surface area (Å²) in [4.78, 5) is 12.3. The molecule has 1 saturated heterocycles. The normalized spacial score (nSPS) is 20.8. The predicted octanol–water partition coefficient (Wildman–Crippen LogP) is 2.63. The van der Waals surface area contributed by atoms with Crippen LogP contribution in [0.4, 0.5) is 5.69 Å². The van der Waals surface area contributed by atoms with E-state index in [-0.39, 0.29) is 17.4 Å². The third-order valence-corrected chi connectivity index (χ3v) is 6.44. The standard InChI is InChI=1S/C18H17NO3S/c20-18(14-7-8-23(21,22)11-14)19-15-6-5-13-9-12-3-1-2-4-16(12)17(13)10-15/h1-6,10,14H,7-9,11H2,(H,19,20)/t14-/m0/s1. The van der Waals surface area contributed by atoms with Crippen molar-refractivity contribution in [2.75, 3.05) is 16.8 Å². The van der Waals surface area contributed by atoms with Crippen molar-refractivity contribution in [1.82, 2.24) is 0 Å². The molecule has 1 aliphatic carbocycles. The summed E-state index contributed by atoms with van der Waals surface area (Å²) in [5, 5.41) is 2.88. The molecule has 2 aromatic rings.